The van der Waals surface area contributed by atoms with Crippen LogP contribution < -0.4 is 10.2 Å². The first kappa shape index (κ1) is 31.5. The Hall–Kier alpha value is -3.01. The number of hydrogen-bond acceptors (Lipinski definition) is 6. The van der Waals surface area contributed by atoms with Gasteiger partial charge in [-0.3, -0.25) is 14.6 Å². The maximum atomic E-state index is 13.4. The van der Waals surface area contributed by atoms with E-state index in [1.165, 1.54) is 11.1 Å². The lowest BCUT2D eigenvalue weighted by Crippen LogP contribution is -2.49. The predicted molar refractivity (Wildman–Crippen MR) is 158 cm³/mol. The average Bonchev–Trinajstić information content (AvgIpc) is 3.28. The molecule has 0 atom stereocenters. The number of halogens is 2. The zero-order valence-electron chi connectivity index (χ0n) is 24.0. The fourth-order valence-corrected chi connectivity index (χ4v) is 4.87. The zero-order chi connectivity index (χ0) is 29.6. The fraction of sp³-hybridized carbons (Fsp3) is 0.483. The van der Waals surface area contributed by atoms with Gasteiger partial charge in [0.15, 0.2) is 0 Å². The Morgan fingerprint density at radius 3 is 2.20 bits per heavy atom. The van der Waals surface area contributed by atoms with Gasteiger partial charge in [0.05, 0.1) is 23.8 Å². The smallest absolute Gasteiger partial charge is 0.410 e. The largest absolute Gasteiger partial charge is 0.444 e. The van der Waals surface area contributed by atoms with Gasteiger partial charge < -0.3 is 19.9 Å². The van der Waals surface area contributed by atoms with Crippen LogP contribution in [0.15, 0.2) is 42.5 Å². The molecule has 1 N–H and O–H groups in total. The first-order chi connectivity index (χ1) is 18.7. The maximum absolute atomic E-state index is 13.4. The number of nitrogens with one attached hydrogen (secondary N) is 1. The molecule has 0 unspecified atom stereocenters. The van der Waals surface area contributed by atoms with Crippen LogP contribution in [-0.2, 0) is 27.4 Å². The van der Waals surface area contributed by atoms with Crippen LogP contribution in [-0.4, -0.2) is 77.7 Å². The van der Waals surface area contributed by atoms with Gasteiger partial charge in [0.2, 0.25) is 5.91 Å². The van der Waals surface area contributed by atoms with Crippen LogP contribution in [0, 0.1) is 0 Å². The van der Waals surface area contributed by atoms with E-state index in [2.05, 4.69) is 17.4 Å². The summed E-state index contributed by atoms with van der Waals surface area (Å²) in [6.07, 6.45) is -0.441. The molecule has 40 heavy (non-hydrogen) atoms. The maximum Gasteiger partial charge on any atom is 0.410 e. The number of carbonyl (C=O) groups excluding carboxylic acids is 3. The van der Waals surface area contributed by atoms with Crippen molar-refractivity contribution in [1.29, 1.82) is 0 Å². The Kier molecular flexibility index (Phi) is 10.7. The number of anilines is 1. The van der Waals surface area contributed by atoms with E-state index in [1.54, 1.807) is 40.1 Å². The highest BCUT2D eigenvalue weighted by atomic mass is 35.5. The van der Waals surface area contributed by atoms with Crippen LogP contribution in [0.3, 0.4) is 0 Å². The minimum Gasteiger partial charge on any atom is -0.444 e. The van der Waals surface area contributed by atoms with E-state index in [4.69, 9.17) is 27.9 Å². The molecule has 0 spiro atoms. The summed E-state index contributed by atoms with van der Waals surface area (Å²) < 4.78 is 5.49. The monoisotopic (exact) mass is 591 g/mol. The highest BCUT2D eigenvalue weighted by Crippen LogP contribution is 2.29. The number of nitrogens with zero attached hydrogens (tertiary/aromatic N) is 4. The molecule has 3 amide bonds. The van der Waals surface area contributed by atoms with Crippen molar-refractivity contribution >= 4 is 46.8 Å². The summed E-state index contributed by atoms with van der Waals surface area (Å²) >= 11 is 12.6. The van der Waals surface area contributed by atoms with Crippen molar-refractivity contribution in [2.24, 2.45) is 0 Å². The molecule has 9 nitrogen and oxygen atoms in total. The number of benzene rings is 2. The molecule has 0 radical (unpaired) electrons. The number of hydrazine groups is 1. The van der Waals surface area contributed by atoms with Crippen molar-refractivity contribution < 1.29 is 19.1 Å². The summed E-state index contributed by atoms with van der Waals surface area (Å²) in [7, 11) is 1.73. The highest BCUT2D eigenvalue weighted by molar-refractivity contribution is 6.36. The molecule has 218 valence electrons. The van der Waals surface area contributed by atoms with E-state index in [-0.39, 0.29) is 44.0 Å². The molecular formula is C29H39Cl2N5O4. The van der Waals surface area contributed by atoms with E-state index < -0.39 is 11.7 Å². The van der Waals surface area contributed by atoms with Crippen LogP contribution in [0.4, 0.5) is 10.5 Å². The molecular weight excluding hydrogens is 553 g/mol. The average molecular weight is 593 g/mol. The first-order valence-corrected chi connectivity index (χ1v) is 14.0. The number of fused-ring (bicyclic) bond motifs is 1. The summed E-state index contributed by atoms with van der Waals surface area (Å²) in [6.45, 7) is 10.8. The lowest BCUT2D eigenvalue weighted by molar-refractivity contribution is -0.145. The van der Waals surface area contributed by atoms with E-state index in [0.717, 1.165) is 0 Å². The summed E-state index contributed by atoms with van der Waals surface area (Å²) in [6, 6.07) is 12.9. The molecule has 0 bridgehead atoms. The molecule has 2 aromatic rings. The molecule has 1 heterocycles. The number of rotatable bonds is 10. The Bertz CT molecular complexity index is 1190. The minimum absolute atomic E-state index is 0.0753. The Balaban J connectivity index is 1.65. The van der Waals surface area contributed by atoms with Gasteiger partial charge in [-0.1, -0.05) is 47.5 Å². The molecule has 0 saturated carbocycles. The molecule has 0 fully saturated rings. The Morgan fingerprint density at radius 2 is 1.65 bits per heavy atom. The van der Waals surface area contributed by atoms with Crippen molar-refractivity contribution in [2.45, 2.75) is 59.4 Å². The second-order valence-corrected chi connectivity index (χ2v) is 11.9. The third-order valence-corrected chi connectivity index (χ3v) is 6.98. The second kappa shape index (κ2) is 13.6. The molecule has 2 aromatic carbocycles. The fourth-order valence-electron chi connectivity index (χ4n) is 4.34. The van der Waals surface area contributed by atoms with Gasteiger partial charge in [-0.15, -0.1) is 0 Å². The SMILES string of the molecule is CC(C)N(CCNC(=O)CN(CC(=O)N(C)N1Cc2ccccc2C1)c1ccc(Cl)cc1Cl)C(=O)OC(C)(C)C. The number of likely N-dealkylation sites (N-methyl/N-ethyl adjacent to an activating group) is 1. The van der Waals surface area contributed by atoms with Gasteiger partial charge in [0.1, 0.15) is 5.60 Å². The molecule has 3 rings (SSSR count). The zero-order valence-corrected chi connectivity index (χ0v) is 25.6. The van der Waals surface area contributed by atoms with Gasteiger partial charge in [-0.25, -0.2) is 9.80 Å². The van der Waals surface area contributed by atoms with E-state index in [1.807, 2.05) is 51.8 Å². The summed E-state index contributed by atoms with van der Waals surface area (Å²) in [5.41, 5.74) is 2.26. The number of ether oxygens (including phenoxy) is 1. The van der Waals surface area contributed by atoms with E-state index in [9.17, 15) is 14.4 Å². The van der Waals surface area contributed by atoms with E-state index in [0.29, 0.717) is 28.8 Å². The summed E-state index contributed by atoms with van der Waals surface area (Å²) in [5.74, 6) is -0.509. The lowest BCUT2D eigenvalue weighted by Gasteiger charge is -2.32. The number of amides is 3. The molecule has 11 heteroatoms. The third kappa shape index (κ3) is 8.74. The van der Waals surface area contributed by atoms with Crippen molar-refractivity contribution in [2.75, 3.05) is 38.1 Å². The Labute approximate surface area is 246 Å². The van der Waals surface area contributed by atoms with Crippen LogP contribution >= 0.6 is 23.2 Å². The molecule has 1 aliphatic heterocycles. The van der Waals surface area contributed by atoms with Gasteiger partial charge >= 0.3 is 6.09 Å². The van der Waals surface area contributed by atoms with Crippen molar-refractivity contribution in [3.8, 4) is 0 Å². The van der Waals surface area contributed by atoms with Gasteiger partial charge in [0.25, 0.3) is 5.91 Å². The quantitative estimate of drug-likeness (QED) is 0.421. The van der Waals surface area contributed by atoms with Crippen molar-refractivity contribution in [1.82, 2.24) is 20.2 Å². The van der Waals surface area contributed by atoms with Crippen LogP contribution in [0.25, 0.3) is 0 Å². The van der Waals surface area contributed by atoms with Gasteiger partial charge in [0, 0.05) is 44.3 Å². The van der Waals surface area contributed by atoms with Crippen LogP contribution in [0.2, 0.25) is 10.0 Å². The second-order valence-electron chi connectivity index (χ2n) is 11.1. The topological polar surface area (TPSA) is 85.4 Å². The summed E-state index contributed by atoms with van der Waals surface area (Å²) in [5, 5.41) is 7.19. The van der Waals surface area contributed by atoms with Gasteiger partial charge in [-0.05, 0) is 63.9 Å². The normalized spacial score (nSPS) is 13.1. The highest BCUT2D eigenvalue weighted by Gasteiger charge is 2.28. The molecule has 0 saturated heterocycles. The van der Waals surface area contributed by atoms with Crippen molar-refractivity contribution in [3.05, 3.63) is 63.6 Å². The number of hydrogen-bond donors (Lipinski definition) is 1. The van der Waals surface area contributed by atoms with Gasteiger partial charge in [-0.2, -0.15) is 0 Å². The minimum atomic E-state index is -0.622. The molecule has 0 aliphatic carbocycles. The number of carbonyl (C=O) groups is 3. The third-order valence-electron chi connectivity index (χ3n) is 6.45. The standard InChI is InChI=1S/C29H39Cl2N5O4/c1-20(2)36(28(39)40-29(3,4)5)14-13-32-26(37)18-34(25-12-11-23(30)15-24(25)31)19-27(38)33(6)35-16-21-9-7-8-10-22(21)17-35/h7-12,15,20H,13-14,16-19H2,1-6H3,(H,32,37). The molecule has 0 aromatic heterocycles. The lowest BCUT2D eigenvalue weighted by atomic mass is 10.1. The first-order valence-electron chi connectivity index (χ1n) is 13.3. The predicted octanol–water partition coefficient (Wildman–Crippen LogP) is 4.95. The van der Waals surface area contributed by atoms with Crippen LogP contribution in [0.5, 0.6) is 0 Å². The summed E-state index contributed by atoms with van der Waals surface area (Å²) in [4.78, 5) is 42.2. The van der Waals surface area contributed by atoms with Crippen LogP contribution in [0.1, 0.15) is 45.7 Å². The van der Waals surface area contributed by atoms with E-state index >= 15 is 0 Å². The Morgan fingerprint density at radius 1 is 1.02 bits per heavy atom. The molecule has 1 aliphatic rings. The van der Waals surface area contributed by atoms with Crippen molar-refractivity contribution in [3.63, 3.8) is 0 Å².